The molecule has 0 unspecified atom stereocenters. The largest absolute Gasteiger partial charge is 0.495 e. The van der Waals surface area contributed by atoms with Crippen LogP contribution in [-0.4, -0.2) is 67.4 Å². The number of hydrogen-bond donors (Lipinski definition) is 2. The number of nitrogens with zero attached hydrogens (tertiary/aromatic N) is 3. The van der Waals surface area contributed by atoms with Gasteiger partial charge in [-0.05, 0) is 18.2 Å². The average Bonchev–Trinajstić information content (AvgIpc) is 3.06. The van der Waals surface area contributed by atoms with Gasteiger partial charge in [-0.3, -0.25) is 14.9 Å². The van der Waals surface area contributed by atoms with E-state index >= 15 is 0 Å². The van der Waals surface area contributed by atoms with Crippen molar-refractivity contribution in [3.05, 3.63) is 23.2 Å². The second kappa shape index (κ2) is 10.2. The first kappa shape index (κ1) is 23.3. The Kier molecular flexibility index (Phi) is 8.22. The summed E-state index contributed by atoms with van der Waals surface area (Å²) in [4.78, 5) is 24.0. The van der Waals surface area contributed by atoms with Gasteiger partial charge in [0.25, 0.3) is 0 Å². The number of thioether (sulfide) groups is 1. The molecular weight excluding hydrogens is 462 g/mol. The predicted molar refractivity (Wildman–Crippen MR) is 113 cm³/mol. The summed E-state index contributed by atoms with van der Waals surface area (Å²) in [7, 11) is -0.683. The molecule has 2 N–H and O–H groups in total. The third kappa shape index (κ3) is 7.44. The van der Waals surface area contributed by atoms with Crippen molar-refractivity contribution in [3.63, 3.8) is 0 Å². The van der Waals surface area contributed by atoms with Crippen LogP contribution in [0, 0.1) is 0 Å². The molecule has 158 valence electrons. The van der Waals surface area contributed by atoms with E-state index in [9.17, 15) is 18.0 Å². The van der Waals surface area contributed by atoms with Crippen molar-refractivity contribution >= 4 is 67.4 Å². The highest BCUT2D eigenvalue weighted by molar-refractivity contribution is 8.01. The molecule has 0 saturated carbocycles. The van der Waals surface area contributed by atoms with Gasteiger partial charge in [-0.25, -0.2) is 8.42 Å². The molecule has 0 bridgehead atoms. The zero-order valence-electron chi connectivity index (χ0n) is 15.6. The molecule has 14 heteroatoms. The minimum Gasteiger partial charge on any atom is -0.495 e. The average molecular weight is 480 g/mol. The van der Waals surface area contributed by atoms with Crippen molar-refractivity contribution < 1.29 is 22.7 Å². The van der Waals surface area contributed by atoms with Gasteiger partial charge in [0.15, 0.2) is 4.34 Å². The Balaban J connectivity index is 1.87. The van der Waals surface area contributed by atoms with Crippen molar-refractivity contribution in [3.8, 4) is 5.75 Å². The first-order chi connectivity index (χ1) is 13.6. The summed E-state index contributed by atoms with van der Waals surface area (Å²) in [5, 5.41) is 13.5. The molecule has 0 saturated heterocycles. The Bertz CT molecular complexity index is 998. The number of aromatic nitrogens is 2. The molecule has 10 nitrogen and oxygen atoms in total. The Morgan fingerprint density at radius 2 is 2.00 bits per heavy atom. The van der Waals surface area contributed by atoms with E-state index in [2.05, 4.69) is 20.8 Å². The maximum Gasteiger partial charge on any atom is 0.241 e. The fourth-order valence-electron chi connectivity index (χ4n) is 1.89. The highest BCUT2D eigenvalue weighted by Crippen LogP contribution is 2.29. The standard InChI is InChI=1S/C15H18ClN5O5S3/c1-21(29(3,24)25)7-12(22)18-14-19-20-15(28-14)27-8-13(23)17-10-6-9(16)4-5-11(10)26-2/h4-6H,7-8H2,1-3H3,(H,17,23)(H,18,19,22). The summed E-state index contributed by atoms with van der Waals surface area (Å²) in [6, 6.07) is 4.87. The van der Waals surface area contributed by atoms with Crippen LogP contribution in [0.5, 0.6) is 5.75 Å². The minimum absolute atomic E-state index is 0.0507. The Morgan fingerprint density at radius 3 is 2.66 bits per heavy atom. The summed E-state index contributed by atoms with van der Waals surface area (Å²) < 4.78 is 29.2. The van der Waals surface area contributed by atoms with E-state index in [0.29, 0.717) is 20.8 Å². The topological polar surface area (TPSA) is 131 Å². The summed E-state index contributed by atoms with van der Waals surface area (Å²) in [5.74, 6) is -0.315. The normalized spacial score (nSPS) is 11.3. The van der Waals surface area contributed by atoms with Crippen LogP contribution in [0.3, 0.4) is 0 Å². The van der Waals surface area contributed by atoms with E-state index in [1.165, 1.54) is 14.2 Å². The summed E-state index contributed by atoms with van der Waals surface area (Å²) in [6.45, 7) is -0.342. The zero-order chi connectivity index (χ0) is 21.6. The molecular formula is C15H18ClN5O5S3. The summed E-state index contributed by atoms with van der Waals surface area (Å²) >= 11 is 8.13. The molecule has 0 aliphatic rings. The molecule has 2 rings (SSSR count). The molecule has 1 aromatic heterocycles. The first-order valence-electron chi connectivity index (χ1n) is 7.89. The van der Waals surface area contributed by atoms with Crippen LogP contribution in [0.2, 0.25) is 5.02 Å². The van der Waals surface area contributed by atoms with Gasteiger partial charge in [0, 0.05) is 12.1 Å². The molecule has 29 heavy (non-hydrogen) atoms. The number of rotatable bonds is 9. The second-order valence-electron chi connectivity index (χ2n) is 5.62. The van der Waals surface area contributed by atoms with E-state index in [-0.39, 0.29) is 23.3 Å². The van der Waals surface area contributed by atoms with Crippen LogP contribution < -0.4 is 15.4 Å². The number of amides is 2. The number of nitrogens with one attached hydrogen (secondary N) is 2. The fourth-order valence-corrected chi connectivity index (χ4v) is 3.98. The number of methoxy groups -OCH3 is 1. The van der Waals surface area contributed by atoms with Gasteiger partial charge in [0.1, 0.15) is 5.75 Å². The molecule has 0 fully saturated rings. The lowest BCUT2D eigenvalue weighted by atomic mass is 10.3. The van der Waals surface area contributed by atoms with Gasteiger partial charge in [0.05, 0.1) is 31.4 Å². The van der Waals surface area contributed by atoms with Crippen molar-refractivity contribution in [2.45, 2.75) is 4.34 Å². The molecule has 2 amide bonds. The molecule has 1 heterocycles. The van der Waals surface area contributed by atoms with Crippen molar-refractivity contribution in [2.24, 2.45) is 0 Å². The number of anilines is 2. The van der Waals surface area contributed by atoms with Gasteiger partial charge >= 0.3 is 0 Å². The highest BCUT2D eigenvalue weighted by Gasteiger charge is 2.17. The van der Waals surface area contributed by atoms with E-state index in [1.54, 1.807) is 18.2 Å². The second-order valence-corrected chi connectivity index (χ2v) is 10.3. The van der Waals surface area contributed by atoms with E-state index in [0.717, 1.165) is 33.7 Å². The van der Waals surface area contributed by atoms with Gasteiger partial charge in [0.2, 0.25) is 27.0 Å². The van der Waals surface area contributed by atoms with Crippen LogP contribution in [0.1, 0.15) is 0 Å². The molecule has 1 aromatic carbocycles. The number of likely N-dealkylation sites (N-methyl/N-ethyl adjacent to an activating group) is 1. The maximum absolute atomic E-state index is 12.2. The maximum atomic E-state index is 12.2. The number of carbonyl (C=O) groups excluding carboxylic acids is 2. The third-order valence-electron chi connectivity index (χ3n) is 3.35. The predicted octanol–water partition coefficient (Wildman–Crippen LogP) is 1.76. The first-order valence-corrected chi connectivity index (χ1v) is 11.9. The lowest BCUT2D eigenvalue weighted by Gasteiger charge is -2.12. The zero-order valence-corrected chi connectivity index (χ0v) is 18.8. The highest BCUT2D eigenvalue weighted by atomic mass is 35.5. The van der Waals surface area contributed by atoms with E-state index in [4.69, 9.17) is 16.3 Å². The van der Waals surface area contributed by atoms with Crippen LogP contribution >= 0.6 is 34.7 Å². The van der Waals surface area contributed by atoms with Crippen molar-refractivity contribution in [2.75, 3.05) is 43.3 Å². The number of hydrogen-bond acceptors (Lipinski definition) is 9. The van der Waals surface area contributed by atoms with Gasteiger partial charge in [-0.2, -0.15) is 4.31 Å². The summed E-state index contributed by atoms with van der Waals surface area (Å²) in [5.41, 5.74) is 0.450. The third-order valence-corrected chi connectivity index (χ3v) is 6.82. The Hall–Kier alpha value is -1.93. The van der Waals surface area contributed by atoms with Gasteiger partial charge < -0.3 is 10.1 Å². The molecule has 0 aliphatic carbocycles. The van der Waals surface area contributed by atoms with Crippen LogP contribution in [0.4, 0.5) is 10.8 Å². The lowest BCUT2D eigenvalue weighted by Crippen LogP contribution is -2.34. The van der Waals surface area contributed by atoms with Crippen molar-refractivity contribution in [1.82, 2.24) is 14.5 Å². The van der Waals surface area contributed by atoms with Crippen LogP contribution in [-0.2, 0) is 19.6 Å². The quantitative estimate of drug-likeness (QED) is 0.411. The summed E-state index contributed by atoms with van der Waals surface area (Å²) in [6.07, 6.45) is 1.00. The number of benzene rings is 1. The molecule has 0 atom stereocenters. The van der Waals surface area contributed by atoms with Gasteiger partial charge in [-0.1, -0.05) is 34.7 Å². The van der Waals surface area contributed by atoms with Crippen LogP contribution in [0.15, 0.2) is 22.5 Å². The smallest absolute Gasteiger partial charge is 0.241 e. The minimum atomic E-state index is -3.46. The lowest BCUT2D eigenvalue weighted by molar-refractivity contribution is -0.116. The Labute approximate surface area is 181 Å². The number of sulfonamides is 1. The molecule has 0 aliphatic heterocycles. The van der Waals surface area contributed by atoms with E-state index in [1.807, 2.05) is 0 Å². The number of ether oxygens (including phenoxy) is 1. The molecule has 0 spiro atoms. The number of carbonyl (C=O) groups is 2. The van der Waals surface area contributed by atoms with E-state index < -0.39 is 15.9 Å². The molecule has 2 aromatic rings. The Morgan fingerprint density at radius 1 is 1.28 bits per heavy atom. The van der Waals surface area contributed by atoms with Gasteiger partial charge in [-0.15, -0.1) is 10.2 Å². The molecule has 0 radical (unpaired) electrons. The fraction of sp³-hybridized carbons (Fsp3) is 0.333. The van der Waals surface area contributed by atoms with Crippen molar-refractivity contribution in [1.29, 1.82) is 0 Å². The monoisotopic (exact) mass is 479 g/mol. The SMILES string of the molecule is COc1ccc(Cl)cc1NC(=O)CSc1nnc(NC(=O)CN(C)S(C)(=O)=O)s1. The number of halogens is 1. The van der Waals surface area contributed by atoms with Crippen LogP contribution in [0.25, 0.3) is 0 Å².